The van der Waals surface area contributed by atoms with E-state index in [1.54, 1.807) is 18.2 Å². The highest BCUT2D eigenvalue weighted by Crippen LogP contribution is 2.22. The zero-order valence-corrected chi connectivity index (χ0v) is 12.7. The molecule has 1 aromatic carbocycles. The lowest BCUT2D eigenvalue weighted by molar-refractivity contribution is -0.114. The Balaban J connectivity index is 1.88. The first-order valence-corrected chi connectivity index (χ1v) is 7.08. The topological polar surface area (TPSA) is 98.7 Å². The smallest absolute Gasteiger partial charge is 0.374 e. The van der Waals surface area contributed by atoms with Gasteiger partial charge in [0.05, 0.1) is 6.26 Å². The monoisotopic (exact) mass is 327 g/mol. The Morgan fingerprint density at radius 2 is 2.04 bits per heavy atom. The Kier molecular flexibility index (Phi) is 4.15. The van der Waals surface area contributed by atoms with E-state index in [2.05, 4.69) is 5.32 Å². The molecule has 1 amide bonds. The fourth-order valence-electron chi connectivity index (χ4n) is 2.24. The number of furan rings is 1. The molecule has 2 aromatic heterocycles. The summed E-state index contributed by atoms with van der Waals surface area (Å²) in [5.74, 6) is -0.785. The molecule has 7 nitrogen and oxygen atoms in total. The summed E-state index contributed by atoms with van der Waals surface area (Å²) in [5.41, 5.74) is 0.711. The van der Waals surface area contributed by atoms with E-state index in [4.69, 9.17) is 13.6 Å². The van der Waals surface area contributed by atoms with E-state index in [1.807, 2.05) is 0 Å². The number of hydrogen-bond donors (Lipinski definition) is 1. The zero-order chi connectivity index (χ0) is 17.1. The van der Waals surface area contributed by atoms with Crippen LogP contribution in [0.25, 0.3) is 11.0 Å². The van der Waals surface area contributed by atoms with Crippen molar-refractivity contribution in [1.29, 1.82) is 0 Å². The van der Waals surface area contributed by atoms with Crippen molar-refractivity contribution in [3.8, 4) is 0 Å². The first-order valence-electron chi connectivity index (χ1n) is 7.08. The van der Waals surface area contributed by atoms with Crippen molar-refractivity contribution < 1.29 is 23.2 Å². The molecule has 3 rings (SSSR count). The lowest BCUT2D eigenvalue weighted by atomic mass is 10.1. The molecule has 0 saturated carbocycles. The minimum absolute atomic E-state index is 0.0789. The Labute approximate surface area is 135 Å². The van der Waals surface area contributed by atoms with Gasteiger partial charge in [-0.3, -0.25) is 4.79 Å². The van der Waals surface area contributed by atoms with E-state index in [9.17, 15) is 14.4 Å². The van der Waals surface area contributed by atoms with Gasteiger partial charge in [0.25, 0.3) is 0 Å². The Bertz CT molecular complexity index is 955. The van der Waals surface area contributed by atoms with Gasteiger partial charge in [0.2, 0.25) is 11.7 Å². The molecule has 0 atom stereocenters. The van der Waals surface area contributed by atoms with Crippen LogP contribution in [-0.2, 0) is 16.1 Å². The average molecular weight is 327 g/mol. The third kappa shape index (κ3) is 3.35. The highest BCUT2D eigenvalue weighted by atomic mass is 16.5. The number of carbonyl (C=O) groups is 2. The number of hydrogen-bond acceptors (Lipinski definition) is 6. The summed E-state index contributed by atoms with van der Waals surface area (Å²) in [7, 11) is 0. The largest absolute Gasteiger partial charge is 0.457 e. The van der Waals surface area contributed by atoms with Gasteiger partial charge in [-0.25, -0.2) is 9.59 Å². The van der Waals surface area contributed by atoms with Crippen molar-refractivity contribution in [2.75, 3.05) is 5.32 Å². The Hall–Kier alpha value is -3.35. The Morgan fingerprint density at radius 1 is 1.21 bits per heavy atom. The summed E-state index contributed by atoms with van der Waals surface area (Å²) in [6.45, 7) is 1.27. The lowest BCUT2D eigenvalue weighted by Gasteiger charge is -2.08. The Morgan fingerprint density at radius 3 is 2.75 bits per heavy atom. The molecule has 0 spiro atoms. The molecule has 0 aliphatic rings. The van der Waals surface area contributed by atoms with Crippen LogP contribution in [0.5, 0.6) is 0 Å². The fraction of sp³-hybridized carbons (Fsp3) is 0.118. The molecule has 122 valence electrons. The first-order chi connectivity index (χ1) is 11.5. The van der Waals surface area contributed by atoms with Crippen LogP contribution in [0.1, 0.15) is 23.0 Å². The molecule has 3 aromatic rings. The van der Waals surface area contributed by atoms with Crippen molar-refractivity contribution in [2.24, 2.45) is 0 Å². The summed E-state index contributed by atoms with van der Waals surface area (Å²) in [6, 6.07) is 9.21. The van der Waals surface area contributed by atoms with Crippen LogP contribution in [0.3, 0.4) is 0 Å². The third-order valence-corrected chi connectivity index (χ3v) is 3.23. The van der Waals surface area contributed by atoms with Gasteiger partial charge in [-0.05, 0) is 24.3 Å². The second-order valence-corrected chi connectivity index (χ2v) is 5.04. The molecule has 0 fully saturated rings. The molecule has 0 aliphatic heterocycles. The van der Waals surface area contributed by atoms with E-state index in [1.165, 1.54) is 31.4 Å². The SMILES string of the molecule is CC(=O)Nc1ccc2c(COC(=O)c3ccco3)cc(=O)oc2c1. The van der Waals surface area contributed by atoms with Gasteiger partial charge >= 0.3 is 11.6 Å². The van der Waals surface area contributed by atoms with Crippen molar-refractivity contribution >= 4 is 28.5 Å². The summed E-state index contributed by atoms with van der Waals surface area (Å²) in [5, 5.41) is 3.21. The first kappa shape index (κ1) is 15.5. The molecule has 24 heavy (non-hydrogen) atoms. The normalized spacial score (nSPS) is 10.5. The van der Waals surface area contributed by atoms with Gasteiger partial charge in [0.1, 0.15) is 12.2 Å². The van der Waals surface area contributed by atoms with Crippen molar-refractivity contribution in [3.63, 3.8) is 0 Å². The highest BCUT2D eigenvalue weighted by Gasteiger charge is 2.13. The van der Waals surface area contributed by atoms with Crippen molar-refractivity contribution in [2.45, 2.75) is 13.5 Å². The van der Waals surface area contributed by atoms with Crippen LogP contribution in [0, 0.1) is 0 Å². The van der Waals surface area contributed by atoms with Gasteiger partial charge < -0.3 is 18.9 Å². The number of anilines is 1. The van der Waals surface area contributed by atoms with Crippen LogP contribution in [0.15, 0.2) is 56.3 Å². The van der Waals surface area contributed by atoms with Crippen molar-refractivity contribution in [3.05, 3.63) is 64.4 Å². The third-order valence-electron chi connectivity index (χ3n) is 3.23. The van der Waals surface area contributed by atoms with Gasteiger partial charge in [0.15, 0.2) is 0 Å². The number of rotatable bonds is 4. The fourth-order valence-corrected chi connectivity index (χ4v) is 2.24. The van der Waals surface area contributed by atoms with Crippen LogP contribution in [-0.4, -0.2) is 11.9 Å². The average Bonchev–Trinajstić information content (AvgIpc) is 3.05. The molecule has 0 aliphatic carbocycles. The van der Waals surface area contributed by atoms with Crippen LogP contribution in [0.4, 0.5) is 5.69 Å². The van der Waals surface area contributed by atoms with Gasteiger partial charge in [0, 0.05) is 35.7 Å². The van der Waals surface area contributed by atoms with Crippen LogP contribution >= 0.6 is 0 Å². The number of benzene rings is 1. The molecule has 1 N–H and O–H groups in total. The van der Waals surface area contributed by atoms with Gasteiger partial charge in [-0.2, -0.15) is 0 Å². The summed E-state index contributed by atoms with van der Waals surface area (Å²) < 4.78 is 15.2. The molecule has 0 saturated heterocycles. The summed E-state index contributed by atoms with van der Waals surface area (Å²) >= 11 is 0. The minimum Gasteiger partial charge on any atom is -0.457 e. The molecule has 0 unspecified atom stereocenters. The summed E-state index contributed by atoms with van der Waals surface area (Å²) in [4.78, 5) is 34.6. The molecule has 2 heterocycles. The predicted octanol–water partition coefficient (Wildman–Crippen LogP) is 2.70. The molecule has 0 bridgehead atoms. The van der Waals surface area contributed by atoms with Crippen LogP contribution < -0.4 is 10.9 Å². The maximum Gasteiger partial charge on any atom is 0.374 e. The second kappa shape index (κ2) is 6.41. The second-order valence-electron chi connectivity index (χ2n) is 5.04. The maximum absolute atomic E-state index is 11.8. The molecular weight excluding hydrogens is 314 g/mol. The molecule has 7 heteroatoms. The quantitative estimate of drug-likeness (QED) is 0.584. The van der Waals surface area contributed by atoms with E-state index in [0.717, 1.165) is 0 Å². The lowest BCUT2D eigenvalue weighted by Crippen LogP contribution is -2.08. The number of carbonyl (C=O) groups excluding carboxylic acids is 2. The van der Waals surface area contributed by atoms with E-state index in [-0.39, 0.29) is 23.9 Å². The summed E-state index contributed by atoms with van der Waals surface area (Å²) in [6.07, 6.45) is 1.37. The number of fused-ring (bicyclic) bond motifs is 1. The van der Waals surface area contributed by atoms with Gasteiger partial charge in [-0.1, -0.05) is 0 Å². The van der Waals surface area contributed by atoms with E-state index >= 15 is 0 Å². The maximum atomic E-state index is 11.8. The van der Waals surface area contributed by atoms with Gasteiger partial charge in [-0.15, -0.1) is 0 Å². The molecular formula is C17H13NO6. The number of amides is 1. The number of ether oxygens (including phenoxy) is 1. The van der Waals surface area contributed by atoms with E-state index in [0.29, 0.717) is 16.6 Å². The zero-order valence-electron chi connectivity index (χ0n) is 12.7. The van der Waals surface area contributed by atoms with Crippen LogP contribution in [0.2, 0.25) is 0 Å². The highest BCUT2D eigenvalue weighted by molar-refractivity contribution is 5.92. The standard InChI is InChI=1S/C17H13NO6/c1-10(19)18-12-4-5-13-11(7-16(20)24-15(13)8-12)9-23-17(21)14-3-2-6-22-14/h2-8H,9H2,1H3,(H,18,19). The predicted molar refractivity (Wildman–Crippen MR) is 84.6 cm³/mol. The van der Waals surface area contributed by atoms with Crippen molar-refractivity contribution in [1.82, 2.24) is 0 Å². The number of nitrogens with one attached hydrogen (secondary N) is 1. The minimum atomic E-state index is -0.628. The number of esters is 1. The molecule has 0 radical (unpaired) electrons. The van der Waals surface area contributed by atoms with E-state index < -0.39 is 11.6 Å².